The maximum atomic E-state index is 13.9. The molecule has 3 aliphatic rings. The number of nitrogens with one attached hydrogen (secondary N) is 5. The number of nitrogens with zero attached hydrogens (tertiary/aromatic N) is 5. The molecule has 3 heterocycles. The van der Waals surface area contributed by atoms with Gasteiger partial charge in [-0.05, 0) is 108 Å². The van der Waals surface area contributed by atoms with Crippen LogP contribution in [0.15, 0.2) is 53.5 Å². The topological polar surface area (TPSA) is 283 Å². The molecule has 360 valence electrons. The molecule has 2 aromatic carbocycles. The van der Waals surface area contributed by atoms with Crippen LogP contribution in [0.1, 0.15) is 82.0 Å². The number of nitrogens with two attached hydrogens (primary N) is 3. The molecule has 0 bridgehead atoms. The molecule has 2 saturated heterocycles. The van der Waals surface area contributed by atoms with Gasteiger partial charge in [-0.2, -0.15) is 0 Å². The molecule has 0 unspecified atom stereocenters. The average molecular weight is 916 g/mol. The lowest BCUT2D eigenvalue weighted by molar-refractivity contribution is -0.136. The molecule has 3 atom stereocenters. The van der Waals surface area contributed by atoms with Gasteiger partial charge < -0.3 is 43.4 Å². The van der Waals surface area contributed by atoms with E-state index in [4.69, 9.17) is 17.2 Å². The fourth-order valence-corrected chi connectivity index (χ4v) is 8.60. The van der Waals surface area contributed by atoms with Crippen LogP contribution in [0.25, 0.3) is 0 Å². The Hall–Kier alpha value is -5.96. The van der Waals surface area contributed by atoms with Crippen LogP contribution in [-0.4, -0.2) is 152 Å². The first kappa shape index (κ1) is 51.0. The molecule has 0 aliphatic carbocycles. The Kier molecular flexibility index (Phi) is 19.8. The summed E-state index contributed by atoms with van der Waals surface area (Å²) >= 11 is 0. The number of hydrogen-bond donors (Lipinski definition) is 8. The summed E-state index contributed by atoms with van der Waals surface area (Å²) in [6.07, 6.45) is 5.76. The van der Waals surface area contributed by atoms with E-state index in [9.17, 15) is 33.6 Å². The number of guanidine groups is 1. The Bertz CT molecular complexity index is 2030. The van der Waals surface area contributed by atoms with Crippen molar-refractivity contribution < 1.29 is 33.6 Å². The van der Waals surface area contributed by atoms with Crippen LogP contribution in [0.2, 0.25) is 0 Å². The number of likely N-dealkylation sites (tertiary alicyclic amines) is 1. The van der Waals surface area contributed by atoms with Gasteiger partial charge in [0.2, 0.25) is 35.4 Å². The smallest absolute Gasteiger partial charge is 0.257 e. The molecule has 0 spiro atoms. The number of carbonyl (C=O) groups is 7. The van der Waals surface area contributed by atoms with Gasteiger partial charge in [-0.1, -0.05) is 24.3 Å². The minimum absolute atomic E-state index is 0.0502. The van der Waals surface area contributed by atoms with Crippen molar-refractivity contribution in [3.05, 3.63) is 54.1 Å². The molecule has 0 aromatic heterocycles. The Morgan fingerprint density at radius 1 is 0.788 bits per heavy atom. The summed E-state index contributed by atoms with van der Waals surface area (Å²) in [7, 11) is 0. The minimum atomic E-state index is -1.04. The van der Waals surface area contributed by atoms with Gasteiger partial charge in [-0.3, -0.25) is 58.6 Å². The first-order valence-electron chi connectivity index (χ1n) is 23.2. The van der Waals surface area contributed by atoms with Gasteiger partial charge in [0.15, 0.2) is 5.96 Å². The molecule has 2 fully saturated rings. The predicted molar refractivity (Wildman–Crippen MR) is 252 cm³/mol. The summed E-state index contributed by atoms with van der Waals surface area (Å²) in [6.45, 7) is 8.93. The van der Waals surface area contributed by atoms with Gasteiger partial charge in [0.25, 0.3) is 5.91 Å². The van der Waals surface area contributed by atoms with Crippen LogP contribution >= 0.6 is 0 Å². The molecule has 2 aromatic rings. The van der Waals surface area contributed by atoms with E-state index in [-0.39, 0.29) is 36.6 Å². The van der Waals surface area contributed by atoms with Gasteiger partial charge >= 0.3 is 0 Å². The van der Waals surface area contributed by atoms with Crippen molar-refractivity contribution in [3.8, 4) is 0 Å². The number of anilines is 3. The van der Waals surface area contributed by atoms with Crippen molar-refractivity contribution in [3.63, 3.8) is 0 Å². The normalized spacial score (nSPS) is 16.9. The standard InChI is InChI=1S/C46H69N13O7/c1-31(42(63)55-45(66)37(13-8-20-47)53-32(2)60)52-44(65)36(14-9-21-51-46(48)49)50-22-25-56-26-28-58(29-27-56)40(61)17-7-10-33-18-23-57(24-19-33)30-41(62)59-38-15-5-3-11-34(38)43(64)54-35-12-4-6-16-39(35)59/h3-6,11-12,15-16,31,33,36-37,50H,7-10,13-14,17-30,47H2,1-2H3,(H,52,65)(H,53,60)(H,54,64)(H4,48,49,51)(H,55,63,66)/t31-,36-,37+/m0/s1. The molecule has 11 N–H and O–H groups in total. The van der Waals surface area contributed by atoms with Crippen molar-refractivity contribution in [1.82, 2.24) is 36.0 Å². The van der Waals surface area contributed by atoms with Gasteiger partial charge in [-0.15, -0.1) is 0 Å². The van der Waals surface area contributed by atoms with Crippen molar-refractivity contribution >= 4 is 64.4 Å². The highest BCUT2D eigenvalue weighted by Gasteiger charge is 2.32. The number of aliphatic imine (C=N–C) groups is 1. The van der Waals surface area contributed by atoms with Crippen molar-refractivity contribution in [2.75, 3.05) is 82.2 Å². The highest BCUT2D eigenvalue weighted by molar-refractivity contribution is 6.18. The number of fused-ring (bicyclic) bond motifs is 2. The molecule has 20 heteroatoms. The Morgan fingerprint density at radius 3 is 2.17 bits per heavy atom. The monoisotopic (exact) mass is 916 g/mol. The second kappa shape index (κ2) is 25.7. The number of para-hydroxylation sites is 3. The largest absolute Gasteiger partial charge is 0.370 e. The van der Waals surface area contributed by atoms with E-state index in [0.717, 1.165) is 38.8 Å². The average Bonchev–Trinajstić information content (AvgIpc) is 3.42. The second-order valence-electron chi connectivity index (χ2n) is 17.3. The predicted octanol–water partition coefficient (Wildman–Crippen LogP) is 0.346. The highest BCUT2D eigenvalue weighted by Crippen LogP contribution is 2.38. The quantitative estimate of drug-likeness (QED) is 0.0450. The number of piperazine rings is 1. The number of rotatable bonds is 22. The van der Waals surface area contributed by atoms with E-state index < -0.39 is 41.8 Å². The second-order valence-corrected chi connectivity index (χ2v) is 17.3. The van der Waals surface area contributed by atoms with E-state index in [1.54, 1.807) is 17.0 Å². The Labute approximate surface area is 387 Å². The summed E-state index contributed by atoms with van der Waals surface area (Å²) in [5.41, 5.74) is 18.8. The summed E-state index contributed by atoms with van der Waals surface area (Å²) in [5.74, 6) is -1.98. The number of imide groups is 1. The molecular weight excluding hydrogens is 847 g/mol. The van der Waals surface area contributed by atoms with Crippen LogP contribution in [0.3, 0.4) is 0 Å². The van der Waals surface area contributed by atoms with Gasteiger partial charge in [0.1, 0.15) is 12.1 Å². The molecule has 7 amide bonds. The summed E-state index contributed by atoms with van der Waals surface area (Å²) in [4.78, 5) is 103. The van der Waals surface area contributed by atoms with Gasteiger partial charge in [-0.25, -0.2) is 0 Å². The van der Waals surface area contributed by atoms with Crippen LogP contribution in [0, 0.1) is 5.92 Å². The maximum Gasteiger partial charge on any atom is 0.257 e. The highest BCUT2D eigenvalue weighted by atomic mass is 16.2. The van der Waals surface area contributed by atoms with Crippen molar-refractivity contribution in [2.24, 2.45) is 28.1 Å². The van der Waals surface area contributed by atoms with Crippen molar-refractivity contribution in [1.29, 1.82) is 0 Å². The number of piperidine rings is 1. The zero-order valence-electron chi connectivity index (χ0n) is 38.4. The number of amides is 7. The molecule has 3 aliphatic heterocycles. The molecular formula is C46H69N13O7. The zero-order valence-corrected chi connectivity index (χ0v) is 38.4. The fourth-order valence-electron chi connectivity index (χ4n) is 8.60. The minimum Gasteiger partial charge on any atom is -0.370 e. The molecule has 20 nitrogen and oxygen atoms in total. The lowest BCUT2D eigenvalue weighted by atomic mass is 9.91. The molecule has 0 saturated carbocycles. The first-order valence-corrected chi connectivity index (χ1v) is 23.2. The summed E-state index contributed by atoms with van der Waals surface area (Å²) < 4.78 is 0. The first-order chi connectivity index (χ1) is 31.7. The van der Waals surface area contributed by atoms with E-state index in [2.05, 4.69) is 41.4 Å². The lowest BCUT2D eigenvalue weighted by Crippen LogP contribution is -2.56. The Balaban J connectivity index is 0.999. The third-order valence-electron chi connectivity index (χ3n) is 12.3. The van der Waals surface area contributed by atoms with Crippen LogP contribution < -0.4 is 48.7 Å². The maximum absolute atomic E-state index is 13.9. The zero-order chi connectivity index (χ0) is 47.6. The van der Waals surface area contributed by atoms with E-state index in [1.807, 2.05) is 41.3 Å². The molecule has 0 radical (unpaired) electrons. The van der Waals surface area contributed by atoms with E-state index in [1.165, 1.54) is 13.8 Å². The molecule has 66 heavy (non-hydrogen) atoms. The van der Waals surface area contributed by atoms with Crippen molar-refractivity contribution in [2.45, 2.75) is 89.8 Å². The third kappa shape index (κ3) is 15.3. The van der Waals surface area contributed by atoms with E-state index >= 15 is 0 Å². The van der Waals surface area contributed by atoms with Gasteiger partial charge in [0.05, 0.1) is 35.2 Å². The third-order valence-corrected chi connectivity index (χ3v) is 12.3. The SMILES string of the molecule is CC(=O)N[C@H](CCCN)C(=O)NC(=O)[C@H](C)NC(=O)[C@H](CCCN=C(N)N)NCCN1CCN(C(=O)CCCC2CCN(CC(=O)N3c4ccccc4NC(=O)c4ccccc43)CC2)CC1. The van der Waals surface area contributed by atoms with Crippen LogP contribution in [0.4, 0.5) is 17.1 Å². The Morgan fingerprint density at radius 2 is 1.47 bits per heavy atom. The summed E-state index contributed by atoms with van der Waals surface area (Å²) in [5, 5.41) is 13.7. The number of benzene rings is 2. The number of carbonyl (C=O) groups excluding carboxylic acids is 7. The van der Waals surface area contributed by atoms with Crippen LogP contribution in [0.5, 0.6) is 0 Å². The van der Waals surface area contributed by atoms with Gasteiger partial charge in [0, 0.05) is 59.2 Å². The fraction of sp³-hybridized carbons (Fsp3) is 0.565. The molecule has 5 rings (SSSR count). The van der Waals surface area contributed by atoms with E-state index in [0.29, 0.717) is 107 Å². The summed E-state index contributed by atoms with van der Waals surface area (Å²) in [6, 6.07) is 11.9. The van der Waals surface area contributed by atoms with Crippen LogP contribution in [-0.2, 0) is 28.8 Å². The lowest BCUT2D eigenvalue weighted by Gasteiger charge is -2.35. The number of hydrogen-bond acceptors (Lipinski definition) is 12.